The van der Waals surface area contributed by atoms with E-state index in [9.17, 15) is 4.39 Å². The van der Waals surface area contributed by atoms with Crippen molar-refractivity contribution in [2.75, 3.05) is 27.3 Å². The third-order valence-electron chi connectivity index (χ3n) is 5.68. The molecule has 3 aromatic rings. The smallest absolute Gasteiger partial charge is 0.190 e. The van der Waals surface area contributed by atoms with E-state index in [0.29, 0.717) is 18.9 Å². The van der Waals surface area contributed by atoms with Gasteiger partial charge in [-0.05, 0) is 55.0 Å². The van der Waals surface area contributed by atoms with Crippen LogP contribution in [0.25, 0.3) is 17.5 Å². The molecule has 2 aliphatic rings. The quantitative estimate of drug-likeness (QED) is 0.601. The summed E-state index contributed by atoms with van der Waals surface area (Å²) in [5.41, 5.74) is 4.57. The highest BCUT2D eigenvalue weighted by atomic mass is 19.1. The van der Waals surface area contributed by atoms with Crippen molar-refractivity contribution in [3.63, 3.8) is 0 Å². The molecule has 1 fully saturated rings. The van der Waals surface area contributed by atoms with Crippen molar-refractivity contribution >= 4 is 17.6 Å². The molecule has 0 saturated carbocycles. The first-order chi connectivity index (χ1) is 16.0. The van der Waals surface area contributed by atoms with Crippen molar-refractivity contribution in [3.05, 3.63) is 89.6 Å². The molecule has 33 heavy (non-hydrogen) atoms. The largest absolute Gasteiger partial charge is 0.495 e. The van der Waals surface area contributed by atoms with E-state index in [2.05, 4.69) is 15.0 Å². The summed E-state index contributed by atoms with van der Waals surface area (Å²) >= 11 is 0. The van der Waals surface area contributed by atoms with Gasteiger partial charge in [-0.15, -0.1) is 0 Å². The van der Waals surface area contributed by atoms with Crippen LogP contribution < -0.4 is 4.74 Å². The number of aromatic nitrogens is 2. The van der Waals surface area contributed by atoms with Crippen LogP contribution in [-0.4, -0.2) is 52.7 Å². The van der Waals surface area contributed by atoms with Crippen LogP contribution in [0.4, 0.5) is 4.39 Å². The summed E-state index contributed by atoms with van der Waals surface area (Å²) in [7, 11) is 3.62. The number of rotatable bonds is 4. The molecule has 0 unspecified atom stereocenters. The molecule has 5 rings (SSSR count). The number of ether oxygens (including phenoxy) is 2. The zero-order valence-corrected chi connectivity index (χ0v) is 18.7. The SMILES string of the molecule is COc1cc(/C=C2\OCCN3C2=NC=C(c2ccc(F)cc2)N3C)ccc1-n1cnc(C)c1. The number of amidine groups is 1. The van der Waals surface area contributed by atoms with E-state index in [1.54, 1.807) is 31.8 Å². The molecule has 8 heteroatoms. The van der Waals surface area contributed by atoms with Gasteiger partial charge < -0.3 is 14.0 Å². The lowest BCUT2D eigenvalue weighted by molar-refractivity contribution is 0.0735. The fourth-order valence-electron chi connectivity index (χ4n) is 3.99. The molecule has 3 heterocycles. The van der Waals surface area contributed by atoms with Gasteiger partial charge in [-0.25, -0.2) is 14.4 Å². The number of hydrazine groups is 1. The number of benzene rings is 2. The second kappa shape index (κ2) is 8.46. The van der Waals surface area contributed by atoms with Crippen molar-refractivity contribution in [2.24, 2.45) is 4.99 Å². The minimum absolute atomic E-state index is 0.261. The molecule has 0 amide bonds. The molecule has 1 saturated heterocycles. The Balaban J connectivity index is 1.48. The van der Waals surface area contributed by atoms with Gasteiger partial charge in [0.2, 0.25) is 0 Å². The van der Waals surface area contributed by atoms with Gasteiger partial charge >= 0.3 is 0 Å². The lowest BCUT2D eigenvalue weighted by Crippen LogP contribution is -2.50. The molecule has 0 bridgehead atoms. The lowest BCUT2D eigenvalue weighted by atomic mass is 10.1. The monoisotopic (exact) mass is 445 g/mol. The Labute approximate surface area is 191 Å². The number of hydrogen-bond acceptors (Lipinski definition) is 6. The van der Waals surface area contributed by atoms with Crippen LogP contribution in [-0.2, 0) is 4.74 Å². The first-order valence-electron chi connectivity index (χ1n) is 10.6. The second-order valence-electron chi connectivity index (χ2n) is 7.83. The van der Waals surface area contributed by atoms with Gasteiger partial charge in [0, 0.05) is 18.8 Å². The zero-order chi connectivity index (χ0) is 22.9. The van der Waals surface area contributed by atoms with Crippen LogP contribution >= 0.6 is 0 Å². The van der Waals surface area contributed by atoms with Crippen molar-refractivity contribution < 1.29 is 13.9 Å². The van der Waals surface area contributed by atoms with Crippen molar-refractivity contribution in [1.82, 2.24) is 19.6 Å². The maximum absolute atomic E-state index is 13.3. The van der Waals surface area contributed by atoms with Gasteiger partial charge in [0.15, 0.2) is 11.6 Å². The van der Waals surface area contributed by atoms with Crippen LogP contribution in [0.5, 0.6) is 5.75 Å². The number of fused-ring (bicyclic) bond motifs is 1. The maximum Gasteiger partial charge on any atom is 0.190 e. The zero-order valence-electron chi connectivity index (χ0n) is 18.7. The Bertz CT molecular complexity index is 1280. The average Bonchev–Trinajstić information content (AvgIpc) is 3.26. The first kappa shape index (κ1) is 20.8. The lowest BCUT2D eigenvalue weighted by Gasteiger charge is -2.42. The molecule has 2 aromatic carbocycles. The molecule has 168 valence electrons. The molecule has 0 radical (unpaired) electrons. The number of halogens is 1. The highest BCUT2D eigenvalue weighted by molar-refractivity contribution is 6.02. The summed E-state index contributed by atoms with van der Waals surface area (Å²) in [5.74, 6) is 1.87. The van der Waals surface area contributed by atoms with Gasteiger partial charge in [-0.3, -0.25) is 10.0 Å². The summed E-state index contributed by atoms with van der Waals surface area (Å²) < 4.78 is 26.9. The second-order valence-corrected chi connectivity index (χ2v) is 7.83. The Morgan fingerprint density at radius 1 is 1.15 bits per heavy atom. The highest BCUT2D eigenvalue weighted by Crippen LogP contribution is 2.30. The van der Waals surface area contributed by atoms with E-state index in [1.165, 1.54) is 12.1 Å². The number of aryl methyl sites for hydroxylation is 1. The molecule has 2 aliphatic heterocycles. The molecule has 1 aromatic heterocycles. The normalized spacial score (nSPS) is 16.8. The Morgan fingerprint density at radius 2 is 1.97 bits per heavy atom. The van der Waals surface area contributed by atoms with Gasteiger partial charge in [0.05, 0.1) is 43.3 Å². The number of morpholine rings is 1. The Hall–Kier alpha value is -4.07. The van der Waals surface area contributed by atoms with E-state index in [-0.39, 0.29) is 5.82 Å². The molecular weight excluding hydrogens is 421 g/mol. The van der Waals surface area contributed by atoms with Crippen LogP contribution in [0.15, 0.2) is 71.9 Å². The standard InChI is InChI=1S/C25H24FN5O2/c1-17-15-30(16-28-17)21-9-4-18(12-23(21)32-3)13-24-25-27-14-22(19-5-7-20(26)8-6-19)29(2)31(25)10-11-33-24/h4-9,12-16H,10-11H2,1-3H3/b24-13-. The van der Waals surface area contributed by atoms with Crippen LogP contribution in [0.2, 0.25) is 0 Å². The summed E-state index contributed by atoms with van der Waals surface area (Å²) in [4.78, 5) is 8.97. The number of hydrogen-bond donors (Lipinski definition) is 0. The van der Waals surface area contributed by atoms with Crippen LogP contribution in [0, 0.1) is 12.7 Å². The molecule has 0 spiro atoms. The van der Waals surface area contributed by atoms with Gasteiger partial charge in [-0.2, -0.15) is 0 Å². The summed E-state index contributed by atoms with van der Waals surface area (Å²) in [5, 5.41) is 4.09. The molecule has 0 aliphatic carbocycles. The fourth-order valence-corrected chi connectivity index (χ4v) is 3.99. The fraction of sp³-hybridized carbons (Fsp3) is 0.200. The third kappa shape index (κ3) is 3.95. The predicted molar refractivity (Wildman–Crippen MR) is 125 cm³/mol. The van der Waals surface area contributed by atoms with Crippen molar-refractivity contribution in [1.29, 1.82) is 0 Å². The third-order valence-corrected chi connectivity index (χ3v) is 5.68. The van der Waals surface area contributed by atoms with E-state index in [0.717, 1.165) is 39.8 Å². The van der Waals surface area contributed by atoms with E-state index in [4.69, 9.17) is 9.47 Å². The Morgan fingerprint density at radius 3 is 2.70 bits per heavy atom. The summed E-state index contributed by atoms with van der Waals surface area (Å²) in [6, 6.07) is 12.4. The van der Waals surface area contributed by atoms with Gasteiger partial charge in [0.1, 0.15) is 18.2 Å². The van der Waals surface area contributed by atoms with Gasteiger partial charge in [0.25, 0.3) is 0 Å². The minimum Gasteiger partial charge on any atom is -0.495 e. The van der Waals surface area contributed by atoms with Crippen molar-refractivity contribution in [2.45, 2.75) is 6.92 Å². The molecule has 0 N–H and O–H groups in total. The number of aliphatic imine (C=N–C) groups is 1. The molecule has 7 nitrogen and oxygen atoms in total. The highest BCUT2D eigenvalue weighted by Gasteiger charge is 2.30. The summed E-state index contributed by atoms with van der Waals surface area (Å²) in [6.45, 7) is 3.13. The summed E-state index contributed by atoms with van der Waals surface area (Å²) in [6.07, 6.45) is 7.47. The molecular formula is C25H24FN5O2. The Kier molecular flexibility index (Phi) is 5.34. The minimum atomic E-state index is -0.261. The predicted octanol–water partition coefficient (Wildman–Crippen LogP) is 4.26. The topological polar surface area (TPSA) is 55.1 Å². The first-order valence-corrected chi connectivity index (χ1v) is 10.6. The average molecular weight is 445 g/mol. The molecule has 0 atom stereocenters. The van der Waals surface area contributed by atoms with Crippen molar-refractivity contribution in [3.8, 4) is 11.4 Å². The van der Waals surface area contributed by atoms with Crippen LogP contribution in [0.1, 0.15) is 16.8 Å². The van der Waals surface area contributed by atoms with Crippen LogP contribution in [0.3, 0.4) is 0 Å². The number of nitrogens with zero attached hydrogens (tertiary/aromatic N) is 5. The van der Waals surface area contributed by atoms with E-state index < -0.39 is 0 Å². The van der Waals surface area contributed by atoms with E-state index in [1.807, 2.05) is 54.0 Å². The van der Waals surface area contributed by atoms with E-state index >= 15 is 0 Å². The number of methoxy groups -OCH3 is 1. The maximum atomic E-state index is 13.3. The number of imidazole rings is 1. The van der Waals surface area contributed by atoms with Gasteiger partial charge in [-0.1, -0.05) is 6.07 Å².